The minimum atomic E-state index is -3.63. The number of ether oxygens (including phenoxy) is 2. The summed E-state index contributed by atoms with van der Waals surface area (Å²) in [6, 6.07) is 6.40. The summed E-state index contributed by atoms with van der Waals surface area (Å²) >= 11 is 0. The van der Waals surface area contributed by atoms with Gasteiger partial charge in [0.05, 0.1) is 17.9 Å². The highest BCUT2D eigenvalue weighted by Crippen LogP contribution is 2.26. The Labute approximate surface area is 190 Å². The van der Waals surface area contributed by atoms with Gasteiger partial charge in [-0.3, -0.25) is 9.59 Å². The Morgan fingerprint density at radius 3 is 2.16 bits per heavy atom. The molecule has 1 saturated carbocycles. The third-order valence-corrected chi connectivity index (χ3v) is 8.26. The first kappa shape index (κ1) is 24.5. The summed E-state index contributed by atoms with van der Waals surface area (Å²) < 4.78 is 37.6. The number of hydrogen-bond donors (Lipinski definition) is 1. The molecule has 1 amide bonds. The largest absolute Gasteiger partial charge is 0.497 e. The van der Waals surface area contributed by atoms with Gasteiger partial charge in [0.25, 0.3) is 5.91 Å². The third kappa shape index (κ3) is 6.22. The average Bonchev–Trinajstić information content (AvgIpc) is 3.07. The number of nitrogens with zero attached hydrogens (tertiary/aromatic N) is 1. The molecule has 1 atom stereocenters. The molecule has 9 heteroatoms. The summed E-state index contributed by atoms with van der Waals surface area (Å²) in [6.45, 7) is 2.06. The van der Waals surface area contributed by atoms with Crippen molar-refractivity contribution in [1.29, 1.82) is 0 Å². The summed E-state index contributed by atoms with van der Waals surface area (Å²) in [5.74, 6) is -0.521. The first-order valence-electron chi connectivity index (χ1n) is 11.5. The minimum absolute atomic E-state index is 0.151. The third-order valence-electron chi connectivity index (χ3n) is 6.35. The summed E-state index contributed by atoms with van der Waals surface area (Å²) in [6.07, 6.45) is 6.42. The highest BCUT2D eigenvalue weighted by Gasteiger charge is 2.34. The van der Waals surface area contributed by atoms with E-state index in [1.54, 1.807) is 19.1 Å². The molecule has 1 aromatic carbocycles. The van der Waals surface area contributed by atoms with Crippen molar-refractivity contribution in [2.45, 2.75) is 75.3 Å². The van der Waals surface area contributed by atoms with Gasteiger partial charge in [-0.25, -0.2) is 8.42 Å². The van der Waals surface area contributed by atoms with Crippen LogP contribution in [0.15, 0.2) is 29.2 Å². The summed E-state index contributed by atoms with van der Waals surface area (Å²) in [5.41, 5.74) is 0. The normalized spacial score (nSPS) is 20.2. The van der Waals surface area contributed by atoms with Crippen LogP contribution in [0, 0.1) is 5.92 Å². The van der Waals surface area contributed by atoms with Crippen molar-refractivity contribution in [3.05, 3.63) is 24.3 Å². The lowest BCUT2D eigenvalue weighted by Crippen LogP contribution is -2.44. The Kier molecular flexibility index (Phi) is 8.53. The molecule has 1 heterocycles. The Hall–Kier alpha value is -2.13. The number of nitrogens with one attached hydrogen (secondary N) is 1. The smallest absolute Gasteiger partial charge is 0.309 e. The van der Waals surface area contributed by atoms with Crippen molar-refractivity contribution in [1.82, 2.24) is 9.62 Å². The van der Waals surface area contributed by atoms with Crippen molar-refractivity contribution in [3.63, 3.8) is 0 Å². The maximum Gasteiger partial charge on any atom is 0.309 e. The molecule has 1 aromatic rings. The Balaban J connectivity index is 1.48. The van der Waals surface area contributed by atoms with Crippen molar-refractivity contribution in [3.8, 4) is 5.75 Å². The predicted molar refractivity (Wildman–Crippen MR) is 120 cm³/mol. The number of rotatable bonds is 7. The molecular formula is C23H34N2O6S. The Morgan fingerprint density at radius 1 is 1.00 bits per heavy atom. The van der Waals surface area contributed by atoms with Crippen molar-refractivity contribution in [2.24, 2.45) is 5.92 Å². The Bertz CT molecular complexity index is 870. The van der Waals surface area contributed by atoms with Crippen LogP contribution >= 0.6 is 0 Å². The lowest BCUT2D eigenvalue weighted by molar-refractivity contribution is -0.160. The number of sulfonamides is 1. The molecule has 1 aliphatic carbocycles. The molecule has 0 spiro atoms. The second-order valence-corrected chi connectivity index (χ2v) is 10.6. The lowest BCUT2D eigenvalue weighted by atomic mass is 9.98. The molecule has 2 fully saturated rings. The van der Waals surface area contributed by atoms with E-state index in [2.05, 4.69) is 5.32 Å². The summed E-state index contributed by atoms with van der Waals surface area (Å²) in [5, 5.41) is 3.01. The monoisotopic (exact) mass is 466 g/mol. The van der Waals surface area contributed by atoms with E-state index < -0.39 is 28.0 Å². The van der Waals surface area contributed by atoms with E-state index in [9.17, 15) is 18.0 Å². The molecule has 2 aliphatic rings. The van der Waals surface area contributed by atoms with Gasteiger partial charge >= 0.3 is 5.97 Å². The molecule has 1 aliphatic heterocycles. The van der Waals surface area contributed by atoms with E-state index in [-0.39, 0.29) is 29.9 Å². The van der Waals surface area contributed by atoms with E-state index >= 15 is 0 Å². The van der Waals surface area contributed by atoms with E-state index in [1.165, 1.54) is 36.4 Å². The maximum absolute atomic E-state index is 12.9. The zero-order valence-electron chi connectivity index (χ0n) is 18.9. The zero-order chi connectivity index (χ0) is 23.1. The SMILES string of the molecule is COc1ccc(S(=O)(=O)N2CCC(C(=O)O[C@H](C)C(=O)NC3CCCCCC3)CC2)cc1. The number of amides is 1. The molecule has 0 bridgehead atoms. The van der Waals surface area contributed by atoms with Gasteiger partial charge in [0, 0.05) is 19.1 Å². The number of benzene rings is 1. The van der Waals surface area contributed by atoms with Crippen LogP contribution in [0.4, 0.5) is 0 Å². The van der Waals surface area contributed by atoms with Crippen LogP contribution in [-0.4, -0.2) is 56.9 Å². The van der Waals surface area contributed by atoms with Crippen LogP contribution in [-0.2, 0) is 24.3 Å². The zero-order valence-corrected chi connectivity index (χ0v) is 19.7. The fourth-order valence-corrected chi connectivity index (χ4v) is 5.76. The Morgan fingerprint density at radius 2 is 1.59 bits per heavy atom. The van der Waals surface area contributed by atoms with E-state index in [0.717, 1.165) is 25.7 Å². The molecular weight excluding hydrogens is 432 g/mol. The quantitative estimate of drug-likeness (QED) is 0.490. The van der Waals surface area contributed by atoms with Gasteiger partial charge in [-0.15, -0.1) is 0 Å². The van der Waals surface area contributed by atoms with Crippen molar-refractivity contribution in [2.75, 3.05) is 20.2 Å². The molecule has 0 radical (unpaired) electrons. The standard InChI is InChI=1S/C23H34N2O6S/c1-17(22(26)24-19-7-5-3-4-6-8-19)31-23(27)18-13-15-25(16-14-18)32(28,29)21-11-9-20(30-2)10-12-21/h9-12,17-19H,3-8,13-16H2,1-2H3,(H,24,26)/t17-/m1/s1. The number of carbonyl (C=O) groups excluding carboxylic acids is 2. The molecule has 1 saturated heterocycles. The maximum atomic E-state index is 12.9. The van der Waals surface area contributed by atoms with Gasteiger partial charge in [-0.05, 0) is 56.9 Å². The molecule has 1 N–H and O–H groups in total. The van der Waals surface area contributed by atoms with Gasteiger partial charge in [0.2, 0.25) is 10.0 Å². The van der Waals surface area contributed by atoms with Gasteiger partial charge in [0.15, 0.2) is 6.10 Å². The summed E-state index contributed by atoms with van der Waals surface area (Å²) in [7, 11) is -2.11. The minimum Gasteiger partial charge on any atom is -0.497 e. The fraction of sp³-hybridized carbons (Fsp3) is 0.652. The van der Waals surface area contributed by atoms with Crippen LogP contribution in [0.5, 0.6) is 5.75 Å². The van der Waals surface area contributed by atoms with Gasteiger partial charge in [-0.2, -0.15) is 4.31 Å². The fourth-order valence-electron chi connectivity index (χ4n) is 4.29. The number of piperidine rings is 1. The first-order valence-corrected chi connectivity index (χ1v) is 12.9. The average molecular weight is 467 g/mol. The van der Waals surface area contributed by atoms with Crippen LogP contribution in [0.1, 0.15) is 58.3 Å². The van der Waals surface area contributed by atoms with Crippen LogP contribution in [0.25, 0.3) is 0 Å². The highest BCUT2D eigenvalue weighted by atomic mass is 32.2. The molecule has 8 nitrogen and oxygen atoms in total. The predicted octanol–water partition coefficient (Wildman–Crippen LogP) is 2.87. The molecule has 0 unspecified atom stereocenters. The topological polar surface area (TPSA) is 102 Å². The van der Waals surface area contributed by atoms with Crippen molar-refractivity contribution < 1.29 is 27.5 Å². The van der Waals surface area contributed by atoms with Crippen LogP contribution in [0.3, 0.4) is 0 Å². The van der Waals surface area contributed by atoms with E-state index in [4.69, 9.17) is 9.47 Å². The number of carbonyl (C=O) groups is 2. The number of methoxy groups -OCH3 is 1. The van der Waals surface area contributed by atoms with E-state index in [1.807, 2.05) is 0 Å². The lowest BCUT2D eigenvalue weighted by Gasteiger charge is -2.30. The highest BCUT2D eigenvalue weighted by molar-refractivity contribution is 7.89. The molecule has 178 valence electrons. The molecule has 3 rings (SSSR count). The number of hydrogen-bond acceptors (Lipinski definition) is 6. The van der Waals surface area contributed by atoms with Gasteiger partial charge in [-0.1, -0.05) is 25.7 Å². The van der Waals surface area contributed by atoms with Gasteiger partial charge < -0.3 is 14.8 Å². The molecule has 32 heavy (non-hydrogen) atoms. The van der Waals surface area contributed by atoms with E-state index in [0.29, 0.717) is 18.6 Å². The number of esters is 1. The van der Waals surface area contributed by atoms with Crippen LogP contribution < -0.4 is 10.1 Å². The second kappa shape index (κ2) is 11.1. The van der Waals surface area contributed by atoms with Crippen molar-refractivity contribution >= 4 is 21.9 Å². The second-order valence-electron chi connectivity index (χ2n) is 8.63. The summed E-state index contributed by atoms with van der Waals surface area (Å²) in [4.78, 5) is 25.2. The van der Waals surface area contributed by atoms with Gasteiger partial charge in [0.1, 0.15) is 5.75 Å². The molecule has 0 aromatic heterocycles. The van der Waals surface area contributed by atoms with Crippen LogP contribution in [0.2, 0.25) is 0 Å². The first-order chi connectivity index (χ1) is 15.3.